The van der Waals surface area contributed by atoms with E-state index in [9.17, 15) is 0 Å². The van der Waals surface area contributed by atoms with Crippen LogP contribution in [-0.4, -0.2) is 14.5 Å². The molecule has 0 atom stereocenters. The summed E-state index contributed by atoms with van der Waals surface area (Å²) in [6.45, 7) is 0. The number of nitrogens with zero attached hydrogens (tertiary/aromatic N) is 4. The molecule has 2 heterocycles. The molecule has 6 heteroatoms. The number of anilines is 1. The van der Waals surface area contributed by atoms with Crippen LogP contribution in [0.1, 0.15) is 38.1 Å². The number of aromatic nitrogens is 3. The van der Waals surface area contributed by atoms with Gasteiger partial charge in [-0.1, -0.05) is 116 Å². The maximum atomic E-state index is 4.98. The molecular formula is C35H31N5S. The Morgan fingerprint density at radius 2 is 1.22 bits per heavy atom. The number of para-hydroxylation sites is 2. The Balaban J connectivity index is 1.30. The summed E-state index contributed by atoms with van der Waals surface area (Å²) in [5.41, 5.74) is 11.7. The highest BCUT2D eigenvalue weighted by atomic mass is 32.1. The van der Waals surface area contributed by atoms with E-state index in [4.69, 9.17) is 15.1 Å². The standard InChI is InChI=1S/C35H31N5S/c1-4-12-25(13-5-1)26-20-22-27(23-21-26)32-24-41-35(40(32)29-16-8-3-9-17-29)39-38-34-33(28-14-6-2-7-15-28)36-30-18-10-11-19-31(30)37-34/h1-2,4-7,10-15,18-24,29H,3,8-9,16-17H2,(H,37,38)/b39-35+. The van der Waals surface area contributed by atoms with Crippen LogP contribution in [0.4, 0.5) is 5.82 Å². The number of rotatable bonds is 6. The van der Waals surface area contributed by atoms with E-state index < -0.39 is 0 Å². The molecule has 2 aromatic heterocycles. The summed E-state index contributed by atoms with van der Waals surface area (Å²) in [5.74, 6) is 0.659. The summed E-state index contributed by atoms with van der Waals surface area (Å²) < 4.78 is 2.45. The molecule has 6 aromatic rings. The van der Waals surface area contributed by atoms with Crippen LogP contribution in [0.15, 0.2) is 120 Å². The molecule has 0 aliphatic heterocycles. The third-order valence-corrected chi connectivity index (χ3v) is 8.68. The van der Waals surface area contributed by atoms with Crippen LogP contribution in [0, 0.1) is 0 Å². The zero-order chi connectivity index (χ0) is 27.4. The van der Waals surface area contributed by atoms with Crippen molar-refractivity contribution in [1.82, 2.24) is 14.5 Å². The van der Waals surface area contributed by atoms with Gasteiger partial charge in [0.05, 0.1) is 16.7 Å². The number of hydrogen-bond donors (Lipinski definition) is 1. The quantitative estimate of drug-likeness (QED) is 0.210. The second-order valence-corrected chi connectivity index (χ2v) is 11.3. The van der Waals surface area contributed by atoms with Crippen LogP contribution in [0.25, 0.3) is 44.7 Å². The van der Waals surface area contributed by atoms with Crippen molar-refractivity contribution in [1.29, 1.82) is 0 Å². The highest BCUT2D eigenvalue weighted by Gasteiger charge is 2.21. The summed E-state index contributed by atoms with van der Waals surface area (Å²) in [7, 11) is 0. The molecule has 1 aliphatic rings. The first-order chi connectivity index (χ1) is 20.3. The van der Waals surface area contributed by atoms with E-state index in [1.54, 1.807) is 11.3 Å². The Hall–Kier alpha value is -4.55. The average molecular weight is 554 g/mol. The second-order valence-electron chi connectivity index (χ2n) is 10.5. The Morgan fingerprint density at radius 3 is 1.93 bits per heavy atom. The maximum Gasteiger partial charge on any atom is 0.208 e. The van der Waals surface area contributed by atoms with Crippen LogP contribution in [0.2, 0.25) is 0 Å². The zero-order valence-electron chi connectivity index (χ0n) is 22.8. The largest absolute Gasteiger partial charge is 0.312 e. The summed E-state index contributed by atoms with van der Waals surface area (Å²) in [4.78, 5) is 10.9. The monoisotopic (exact) mass is 553 g/mol. The topological polar surface area (TPSA) is 55.1 Å². The highest BCUT2D eigenvalue weighted by Crippen LogP contribution is 2.33. The molecule has 0 saturated heterocycles. The first kappa shape index (κ1) is 25.4. The van der Waals surface area contributed by atoms with Crippen molar-refractivity contribution in [2.45, 2.75) is 38.1 Å². The Kier molecular flexibility index (Phi) is 7.14. The number of benzene rings is 4. The van der Waals surface area contributed by atoms with Gasteiger partial charge in [0.15, 0.2) is 5.82 Å². The molecular weight excluding hydrogens is 522 g/mol. The fraction of sp³-hybridized carbons (Fsp3) is 0.171. The van der Waals surface area contributed by atoms with E-state index in [1.807, 2.05) is 42.5 Å². The van der Waals surface area contributed by atoms with Gasteiger partial charge in [-0.25, -0.2) is 9.97 Å². The third kappa shape index (κ3) is 5.31. The fourth-order valence-electron chi connectivity index (χ4n) is 5.74. The van der Waals surface area contributed by atoms with E-state index in [-0.39, 0.29) is 0 Å². The number of thiazole rings is 1. The Labute approximate surface area is 243 Å². The molecule has 202 valence electrons. The van der Waals surface area contributed by atoms with Crippen molar-refractivity contribution in [3.05, 3.63) is 119 Å². The molecule has 41 heavy (non-hydrogen) atoms. The van der Waals surface area contributed by atoms with E-state index >= 15 is 0 Å². The average Bonchev–Trinajstić information content (AvgIpc) is 3.48. The summed E-state index contributed by atoms with van der Waals surface area (Å²) in [6, 6.07) is 38.1. The summed E-state index contributed by atoms with van der Waals surface area (Å²) in [5, 5.41) is 7.23. The molecule has 1 aliphatic carbocycles. The van der Waals surface area contributed by atoms with Crippen molar-refractivity contribution in [3.63, 3.8) is 0 Å². The van der Waals surface area contributed by atoms with Crippen molar-refractivity contribution < 1.29 is 0 Å². The molecule has 1 N–H and O–H groups in total. The van der Waals surface area contributed by atoms with Gasteiger partial charge in [0.1, 0.15) is 5.69 Å². The van der Waals surface area contributed by atoms with E-state index in [0.717, 1.165) is 27.1 Å². The smallest absolute Gasteiger partial charge is 0.208 e. The second kappa shape index (κ2) is 11.5. The van der Waals surface area contributed by atoms with Gasteiger partial charge in [0.25, 0.3) is 0 Å². The zero-order valence-corrected chi connectivity index (χ0v) is 23.6. The van der Waals surface area contributed by atoms with Gasteiger partial charge in [0, 0.05) is 17.0 Å². The Bertz CT molecular complexity index is 1830. The first-order valence-corrected chi connectivity index (χ1v) is 15.2. The van der Waals surface area contributed by atoms with Gasteiger partial charge in [-0.3, -0.25) is 5.43 Å². The van der Waals surface area contributed by atoms with Crippen LogP contribution in [0.5, 0.6) is 0 Å². The van der Waals surface area contributed by atoms with Crippen LogP contribution >= 0.6 is 11.3 Å². The number of fused-ring (bicyclic) bond motifs is 1. The maximum absolute atomic E-state index is 4.98. The molecule has 0 unspecified atom stereocenters. The molecule has 0 spiro atoms. The molecule has 4 aromatic carbocycles. The van der Waals surface area contributed by atoms with Crippen molar-refractivity contribution >= 4 is 28.2 Å². The lowest BCUT2D eigenvalue weighted by atomic mass is 9.94. The van der Waals surface area contributed by atoms with Gasteiger partial charge in [-0.2, -0.15) is 0 Å². The Morgan fingerprint density at radius 1 is 0.634 bits per heavy atom. The third-order valence-electron chi connectivity index (χ3n) is 7.84. The van der Waals surface area contributed by atoms with Crippen molar-refractivity contribution in [2.24, 2.45) is 5.10 Å². The van der Waals surface area contributed by atoms with Gasteiger partial charge in [-0.15, -0.1) is 16.4 Å². The van der Waals surface area contributed by atoms with Crippen molar-refractivity contribution in [2.75, 3.05) is 5.43 Å². The normalized spacial score (nSPS) is 14.4. The number of hydrogen-bond acceptors (Lipinski definition) is 5. The lowest BCUT2D eigenvalue weighted by Crippen LogP contribution is -2.25. The van der Waals surface area contributed by atoms with E-state index in [2.05, 4.69) is 82.1 Å². The molecule has 5 nitrogen and oxygen atoms in total. The fourth-order valence-corrected chi connectivity index (χ4v) is 6.67. The van der Waals surface area contributed by atoms with E-state index in [1.165, 1.54) is 54.5 Å². The first-order valence-electron chi connectivity index (χ1n) is 14.3. The lowest BCUT2D eigenvalue weighted by Gasteiger charge is -2.25. The summed E-state index contributed by atoms with van der Waals surface area (Å²) in [6.07, 6.45) is 6.15. The molecule has 0 amide bonds. The van der Waals surface area contributed by atoms with Gasteiger partial charge in [0.2, 0.25) is 4.80 Å². The molecule has 1 saturated carbocycles. The highest BCUT2D eigenvalue weighted by molar-refractivity contribution is 7.07. The van der Waals surface area contributed by atoms with Gasteiger partial charge in [-0.05, 0) is 41.7 Å². The molecule has 7 rings (SSSR count). The minimum absolute atomic E-state index is 0.427. The van der Waals surface area contributed by atoms with E-state index in [0.29, 0.717) is 11.9 Å². The van der Waals surface area contributed by atoms with Crippen LogP contribution < -0.4 is 10.2 Å². The molecule has 1 fully saturated rings. The van der Waals surface area contributed by atoms with Crippen LogP contribution in [-0.2, 0) is 0 Å². The van der Waals surface area contributed by atoms with Gasteiger partial charge < -0.3 is 4.57 Å². The van der Waals surface area contributed by atoms with Crippen LogP contribution in [0.3, 0.4) is 0 Å². The SMILES string of the molecule is c1ccc(-c2ccc(-c3cs/c(=N/Nc4nc5ccccc5nc4-c4ccccc4)n3C3CCCCC3)cc2)cc1. The minimum atomic E-state index is 0.427. The number of nitrogens with one attached hydrogen (secondary N) is 1. The minimum Gasteiger partial charge on any atom is -0.312 e. The summed E-state index contributed by atoms with van der Waals surface area (Å²) >= 11 is 1.68. The molecule has 0 bridgehead atoms. The molecule has 0 radical (unpaired) electrons. The lowest BCUT2D eigenvalue weighted by molar-refractivity contribution is 0.350. The van der Waals surface area contributed by atoms with Crippen molar-refractivity contribution in [3.8, 4) is 33.6 Å². The predicted molar refractivity (Wildman–Crippen MR) is 169 cm³/mol. The predicted octanol–water partition coefficient (Wildman–Crippen LogP) is 8.93. The van der Waals surface area contributed by atoms with Gasteiger partial charge >= 0.3 is 0 Å².